The number of hydrogen-bond acceptors (Lipinski definition) is 7. The SMILES string of the molecule is C=CCNc1nnc(SC(C)c2nc3ccccc3c(=O)[nH]2)s1. The maximum atomic E-state index is 12.1. The Kier molecular flexibility index (Phi) is 4.73. The van der Waals surface area contributed by atoms with Crippen molar-refractivity contribution in [2.75, 3.05) is 11.9 Å². The minimum Gasteiger partial charge on any atom is -0.357 e. The predicted octanol–water partition coefficient (Wildman–Crippen LogP) is 3.23. The summed E-state index contributed by atoms with van der Waals surface area (Å²) < 4.78 is 0.819. The lowest BCUT2D eigenvalue weighted by atomic mass is 10.2. The highest BCUT2D eigenvalue weighted by Crippen LogP contribution is 2.35. The average molecular weight is 345 g/mol. The van der Waals surface area contributed by atoms with Crippen LogP contribution in [-0.4, -0.2) is 26.7 Å². The molecule has 0 aliphatic carbocycles. The number of hydrogen-bond donors (Lipinski definition) is 2. The van der Waals surface area contributed by atoms with E-state index in [0.717, 1.165) is 9.47 Å². The minimum atomic E-state index is -0.122. The zero-order valence-corrected chi connectivity index (χ0v) is 14.1. The van der Waals surface area contributed by atoms with Crippen LogP contribution in [0, 0.1) is 0 Å². The lowest BCUT2D eigenvalue weighted by Gasteiger charge is -2.08. The summed E-state index contributed by atoms with van der Waals surface area (Å²) in [5.74, 6) is 0.634. The number of aromatic nitrogens is 4. The molecule has 3 rings (SSSR count). The van der Waals surface area contributed by atoms with E-state index in [1.807, 2.05) is 25.1 Å². The molecule has 0 saturated heterocycles. The highest BCUT2D eigenvalue weighted by molar-refractivity contribution is 8.01. The molecule has 1 atom stereocenters. The normalized spacial score (nSPS) is 12.2. The van der Waals surface area contributed by atoms with Crippen LogP contribution in [0.1, 0.15) is 18.0 Å². The summed E-state index contributed by atoms with van der Waals surface area (Å²) >= 11 is 2.98. The third kappa shape index (κ3) is 3.59. The van der Waals surface area contributed by atoms with Gasteiger partial charge >= 0.3 is 0 Å². The van der Waals surface area contributed by atoms with E-state index in [2.05, 4.69) is 32.1 Å². The second kappa shape index (κ2) is 6.93. The summed E-state index contributed by atoms with van der Waals surface area (Å²) in [4.78, 5) is 19.5. The van der Waals surface area contributed by atoms with Gasteiger partial charge in [-0.25, -0.2) is 4.98 Å². The van der Waals surface area contributed by atoms with Crippen LogP contribution in [0.15, 0.2) is 46.1 Å². The topological polar surface area (TPSA) is 83.6 Å². The number of fused-ring (bicyclic) bond motifs is 1. The van der Waals surface area contributed by atoms with Crippen molar-refractivity contribution in [1.82, 2.24) is 20.2 Å². The van der Waals surface area contributed by atoms with Crippen molar-refractivity contribution in [1.29, 1.82) is 0 Å². The number of nitrogens with zero attached hydrogens (tertiary/aromatic N) is 3. The number of aromatic amines is 1. The lowest BCUT2D eigenvalue weighted by molar-refractivity contribution is 0.916. The molecule has 0 saturated carbocycles. The van der Waals surface area contributed by atoms with E-state index in [4.69, 9.17) is 0 Å². The number of benzene rings is 1. The number of rotatable bonds is 6. The van der Waals surface area contributed by atoms with Gasteiger partial charge in [0.1, 0.15) is 5.82 Å². The maximum Gasteiger partial charge on any atom is 0.258 e. The molecule has 118 valence electrons. The third-order valence-electron chi connectivity index (χ3n) is 3.10. The first kappa shape index (κ1) is 15.7. The fourth-order valence-electron chi connectivity index (χ4n) is 1.99. The Bertz CT molecular complexity index is 889. The monoisotopic (exact) mass is 345 g/mol. The molecule has 0 amide bonds. The Hall–Kier alpha value is -2.19. The maximum absolute atomic E-state index is 12.1. The first-order valence-electron chi connectivity index (χ1n) is 7.01. The Morgan fingerprint density at radius 1 is 1.43 bits per heavy atom. The molecule has 0 bridgehead atoms. The number of H-pyrrole nitrogens is 1. The average Bonchev–Trinajstić information content (AvgIpc) is 3.00. The van der Waals surface area contributed by atoms with Crippen molar-refractivity contribution >= 4 is 39.1 Å². The molecule has 1 unspecified atom stereocenters. The second-order valence-electron chi connectivity index (χ2n) is 4.77. The Balaban J connectivity index is 1.80. The lowest BCUT2D eigenvalue weighted by Crippen LogP contribution is -2.12. The summed E-state index contributed by atoms with van der Waals surface area (Å²) in [5.41, 5.74) is 0.577. The molecule has 3 aromatic rings. The van der Waals surface area contributed by atoms with E-state index in [1.165, 1.54) is 23.1 Å². The van der Waals surface area contributed by atoms with Gasteiger partial charge in [-0.3, -0.25) is 4.79 Å². The molecule has 2 heterocycles. The molecule has 2 aromatic heterocycles. The zero-order valence-electron chi connectivity index (χ0n) is 12.4. The van der Waals surface area contributed by atoms with Crippen LogP contribution in [0.2, 0.25) is 0 Å². The molecule has 23 heavy (non-hydrogen) atoms. The van der Waals surface area contributed by atoms with Crippen molar-refractivity contribution < 1.29 is 0 Å². The van der Waals surface area contributed by atoms with Crippen LogP contribution in [0.5, 0.6) is 0 Å². The molecule has 0 aliphatic rings. The summed E-state index contributed by atoms with van der Waals surface area (Å²) in [6.07, 6.45) is 1.76. The molecular weight excluding hydrogens is 330 g/mol. The number of anilines is 1. The molecular formula is C15H15N5OS2. The van der Waals surface area contributed by atoms with Gasteiger partial charge in [-0.2, -0.15) is 0 Å². The highest BCUT2D eigenvalue weighted by Gasteiger charge is 2.15. The fourth-order valence-corrected chi connectivity index (χ4v) is 3.95. The first-order chi connectivity index (χ1) is 11.2. The van der Waals surface area contributed by atoms with Gasteiger partial charge in [0.15, 0.2) is 4.34 Å². The summed E-state index contributed by atoms with van der Waals surface area (Å²) in [7, 11) is 0. The van der Waals surface area contributed by atoms with Crippen LogP contribution >= 0.6 is 23.1 Å². The van der Waals surface area contributed by atoms with E-state index in [1.54, 1.807) is 12.1 Å². The molecule has 0 spiro atoms. The quantitative estimate of drug-likeness (QED) is 0.527. The van der Waals surface area contributed by atoms with E-state index in [0.29, 0.717) is 23.3 Å². The largest absolute Gasteiger partial charge is 0.357 e. The first-order valence-corrected chi connectivity index (χ1v) is 8.71. The highest BCUT2D eigenvalue weighted by atomic mass is 32.2. The van der Waals surface area contributed by atoms with Gasteiger partial charge in [-0.15, -0.1) is 16.8 Å². The summed E-state index contributed by atoms with van der Waals surface area (Å²) in [6, 6.07) is 7.31. The molecule has 0 fully saturated rings. The van der Waals surface area contributed by atoms with Gasteiger partial charge in [0.2, 0.25) is 5.13 Å². The molecule has 6 nitrogen and oxygen atoms in total. The van der Waals surface area contributed by atoms with Crippen molar-refractivity contribution in [3.8, 4) is 0 Å². The van der Waals surface area contributed by atoms with Crippen molar-refractivity contribution in [3.05, 3.63) is 53.1 Å². The van der Waals surface area contributed by atoms with Crippen LogP contribution in [0.4, 0.5) is 5.13 Å². The Labute approximate surface area is 141 Å². The smallest absolute Gasteiger partial charge is 0.258 e. The number of nitrogens with one attached hydrogen (secondary N) is 2. The second-order valence-corrected chi connectivity index (χ2v) is 7.34. The zero-order chi connectivity index (χ0) is 16.2. The number of para-hydroxylation sites is 1. The standard InChI is InChI=1S/C15H15N5OS2/c1-3-8-16-14-19-20-15(23-14)22-9(2)12-17-11-7-5-4-6-10(11)13(21)18-12/h3-7,9H,1,8H2,2H3,(H,16,19)(H,17,18,21). The molecule has 8 heteroatoms. The van der Waals surface area contributed by atoms with Gasteiger partial charge in [0, 0.05) is 6.54 Å². The van der Waals surface area contributed by atoms with E-state index in [-0.39, 0.29) is 10.8 Å². The number of thioether (sulfide) groups is 1. The van der Waals surface area contributed by atoms with Gasteiger partial charge in [0.25, 0.3) is 5.56 Å². The Morgan fingerprint density at radius 2 is 2.26 bits per heavy atom. The van der Waals surface area contributed by atoms with Gasteiger partial charge in [0.05, 0.1) is 16.2 Å². The fraction of sp³-hybridized carbons (Fsp3) is 0.200. The van der Waals surface area contributed by atoms with Crippen LogP contribution in [-0.2, 0) is 0 Å². The minimum absolute atomic E-state index is 0.0347. The van der Waals surface area contributed by atoms with Crippen LogP contribution in [0.3, 0.4) is 0 Å². The molecule has 2 N–H and O–H groups in total. The van der Waals surface area contributed by atoms with Crippen LogP contribution < -0.4 is 10.9 Å². The van der Waals surface area contributed by atoms with E-state index < -0.39 is 0 Å². The third-order valence-corrected chi connectivity index (χ3v) is 5.17. The van der Waals surface area contributed by atoms with Gasteiger partial charge < -0.3 is 10.3 Å². The van der Waals surface area contributed by atoms with E-state index in [9.17, 15) is 4.79 Å². The summed E-state index contributed by atoms with van der Waals surface area (Å²) in [5, 5.41) is 12.6. The van der Waals surface area contributed by atoms with Crippen molar-refractivity contribution in [3.63, 3.8) is 0 Å². The molecule has 1 aromatic carbocycles. The summed E-state index contributed by atoms with van der Waals surface area (Å²) in [6.45, 7) is 6.28. The Morgan fingerprint density at radius 3 is 3.09 bits per heavy atom. The molecule has 0 aliphatic heterocycles. The van der Waals surface area contributed by atoms with Crippen molar-refractivity contribution in [2.24, 2.45) is 0 Å². The van der Waals surface area contributed by atoms with Gasteiger partial charge in [-0.1, -0.05) is 41.3 Å². The van der Waals surface area contributed by atoms with Gasteiger partial charge in [-0.05, 0) is 19.1 Å². The van der Waals surface area contributed by atoms with E-state index >= 15 is 0 Å². The van der Waals surface area contributed by atoms with Crippen LogP contribution in [0.25, 0.3) is 10.9 Å². The van der Waals surface area contributed by atoms with Crippen molar-refractivity contribution in [2.45, 2.75) is 16.5 Å². The molecule has 0 radical (unpaired) electrons. The predicted molar refractivity (Wildman–Crippen MR) is 95.2 cm³/mol.